The van der Waals surface area contributed by atoms with Crippen LogP contribution in [0, 0.1) is 17.8 Å². The van der Waals surface area contributed by atoms with Crippen molar-refractivity contribution in [1.29, 1.82) is 0 Å². The van der Waals surface area contributed by atoms with Gasteiger partial charge in [-0.3, -0.25) is 0 Å². The Morgan fingerprint density at radius 3 is 1.39 bits per heavy atom. The Bertz CT molecular complexity index is 1310. The van der Waals surface area contributed by atoms with Crippen LogP contribution in [-0.2, 0) is 5.41 Å². The van der Waals surface area contributed by atoms with Gasteiger partial charge in [0.15, 0.2) is 0 Å². The summed E-state index contributed by atoms with van der Waals surface area (Å²) in [6, 6.07) is 9.83. The van der Waals surface area contributed by atoms with Crippen molar-refractivity contribution in [2.24, 2.45) is 17.8 Å². The third-order valence-electron chi connectivity index (χ3n) is 15.2. The zero-order valence-electron chi connectivity index (χ0n) is 40.3. The topological polar surface area (TPSA) is 3.24 Å². The number of rotatable bonds is 28. The highest BCUT2D eigenvalue weighted by Crippen LogP contribution is 2.63. The van der Waals surface area contributed by atoms with Crippen molar-refractivity contribution in [3.63, 3.8) is 0 Å². The molecule has 1 nitrogen and oxygen atoms in total. The Morgan fingerprint density at radius 1 is 0.561 bits per heavy atom. The highest BCUT2D eigenvalue weighted by atomic mass is 28.3. The summed E-state index contributed by atoms with van der Waals surface area (Å²) in [5.41, 5.74) is 8.03. The molecule has 0 saturated heterocycles. The van der Waals surface area contributed by atoms with Gasteiger partial charge in [-0.1, -0.05) is 224 Å². The van der Waals surface area contributed by atoms with E-state index < -0.39 is 8.24 Å². The maximum atomic E-state index is 3.01. The molecule has 0 aromatic heterocycles. The van der Waals surface area contributed by atoms with Crippen LogP contribution >= 0.6 is 0 Å². The average molecular weight is 800 g/mol. The smallest absolute Gasteiger partial charge is 0.126 e. The number of allylic oxidation sites excluding steroid dienone is 4. The van der Waals surface area contributed by atoms with E-state index >= 15 is 0 Å². The molecule has 0 radical (unpaired) electrons. The summed E-state index contributed by atoms with van der Waals surface area (Å²) in [6.07, 6.45) is 44.2. The summed E-state index contributed by atoms with van der Waals surface area (Å²) >= 11 is 0. The molecule has 2 heteroatoms. The van der Waals surface area contributed by atoms with Gasteiger partial charge < -0.3 is 4.57 Å². The first-order valence-electron chi connectivity index (χ1n) is 25.5. The molecule has 0 N–H and O–H groups in total. The first-order valence-corrected chi connectivity index (χ1v) is 28.6. The number of fused-ring (bicyclic) bond motifs is 4. The Morgan fingerprint density at radius 2 is 0.965 bits per heavy atom. The van der Waals surface area contributed by atoms with E-state index in [1.807, 2.05) is 0 Å². The van der Waals surface area contributed by atoms with Crippen LogP contribution in [0.3, 0.4) is 0 Å². The van der Waals surface area contributed by atoms with Crippen LogP contribution in [-0.4, -0.2) is 23.9 Å². The molecule has 1 saturated carbocycles. The van der Waals surface area contributed by atoms with Gasteiger partial charge in [0.05, 0.1) is 0 Å². The average Bonchev–Trinajstić information content (AvgIpc) is 3.62. The molecule has 0 bridgehead atoms. The van der Waals surface area contributed by atoms with Gasteiger partial charge in [-0.05, 0) is 106 Å². The zero-order chi connectivity index (χ0) is 41.5. The van der Waals surface area contributed by atoms with Crippen molar-refractivity contribution in [3.05, 3.63) is 53.1 Å². The normalized spacial score (nSPS) is 21.8. The van der Waals surface area contributed by atoms with E-state index in [4.69, 9.17) is 0 Å². The Labute approximate surface area is 358 Å². The molecular formula is C55H97NSi. The van der Waals surface area contributed by atoms with Crippen LogP contribution in [0.25, 0.3) is 5.57 Å². The molecule has 3 aliphatic rings. The molecule has 3 aliphatic carbocycles. The summed E-state index contributed by atoms with van der Waals surface area (Å²) in [6.45, 7) is 27.6. The lowest BCUT2D eigenvalue weighted by Crippen LogP contribution is -2.67. The molecule has 0 aliphatic heterocycles. The molecule has 57 heavy (non-hydrogen) atoms. The monoisotopic (exact) mass is 800 g/mol. The molecule has 1 aromatic carbocycles. The van der Waals surface area contributed by atoms with Crippen molar-refractivity contribution in [1.82, 2.24) is 4.57 Å². The quantitative estimate of drug-likeness (QED) is 0.0603. The highest BCUT2D eigenvalue weighted by Gasteiger charge is 2.56. The molecule has 0 spiro atoms. The van der Waals surface area contributed by atoms with Crippen LogP contribution in [0.2, 0.25) is 18.6 Å². The minimum atomic E-state index is -1.83. The number of nitrogens with zero attached hydrogens (tertiary/aromatic N) is 1. The second-order valence-electron chi connectivity index (χ2n) is 22.4. The lowest BCUT2D eigenvalue weighted by Gasteiger charge is -2.57. The maximum Gasteiger partial charge on any atom is 0.126 e. The summed E-state index contributed by atoms with van der Waals surface area (Å²) in [5, 5.41) is 0. The van der Waals surface area contributed by atoms with Gasteiger partial charge in [-0.2, -0.15) is 0 Å². The van der Waals surface area contributed by atoms with Crippen molar-refractivity contribution >= 4 is 13.8 Å². The zero-order valence-corrected chi connectivity index (χ0v) is 41.3. The van der Waals surface area contributed by atoms with Crippen LogP contribution in [0.5, 0.6) is 0 Å². The fourth-order valence-corrected chi connectivity index (χ4v) is 19.2. The van der Waals surface area contributed by atoms with E-state index in [0.29, 0.717) is 11.8 Å². The van der Waals surface area contributed by atoms with Crippen molar-refractivity contribution in [2.45, 2.75) is 271 Å². The second-order valence-corrected chi connectivity index (χ2v) is 26.9. The number of unbranched alkanes of at least 4 members (excludes halogenated alkanes) is 22. The predicted octanol–water partition coefficient (Wildman–Crippen LogP) is 18.2. The highest BCUT2D eigenvalue weighted by molar-refractivity contribution is 6.76. The van der Waals surface area contributed by atoms with Gasteiger partial charge in [0.25, 0.3) is 0 Å². The van der Waals surface area contributed by atoms with Crippen molar-refractivity contribution < 1.29 is 0 Å². The van der Waals surface area contributed by atoms with Crippen molar-refractivity contribution in [2.75, 3.05) is 0 Å². The SMILES string of the molecule is CCCCCCCCCCCCCCC1(CCCCCCCCCCCCCC)C2=CC3C(C)CC([Si](C)(C)N(C(C)(C)C)C(C)(C)C)C3C=C2c2ccccc21. The molecule has 4 unspecified atom stereocenters. The molecule has 1 aromatic rings. The third kappa shape index (κ3) is 13.2. The van der Waals surface area contributed by atoms with E-state index in [-0.39, 0.29) is 16.5 Å². The summed E-state index contributed by atoms with van der Waals surface area (Å²) in [7, 11) is -1.83. The minimum absolute atomic E-state index is 0.162. The number of benzene rings is 1. The predicted molar refractivity (Wildman–Crippen MR) is 259 cm³/mol. The Kier molecular flexibility index (Phi) is 19.8. The van der Waals surface area contributed by atoms with Gasteiger partial charge in [-0.25, -0.2) is 0 Å². The molecule has 0 heterocycles. The Hall–Kier alpha value is -1.12. The summed E-state index contributed by atoms with van der Waals surface area (Å²) in [4.78, 5) is 0. The van der Waals surface area contributed by atoms with Gasteiger partial charge >= 0.3 is 0 Å². The standard InChI is InChI=1S/C55H97NSi/c1-12-14-16-18-20-22-24-26-28-30-32-36-40-55(41-37-33-31-29-27-25-23-21-19-17-15-13-2)50-39-35-34-38-46(50)48-43-49-47(44-51(48)55)45(3)42-52(49)57(10,11)56(53(4,5)6)54(7,8)9/h34-35,38-39,43-45,47,49,52H,12-33,36-37,40-42H2,1-11H3. The summed E-state index contributed by atoms with van der Waals surface area (Å²) < 4.78 is 3.01. The number of hydrogen-bond acceptors (Lipinski definition) is 1. The molecular weight excluding hydrogens is 703 g/mol. The lowest BCUT2D eigenvalue weighted by molar-refractivity contribution is 0.122. The van der Waals surface area contributed by atoms with E-state index in [9.17, 15) is 0 Å². The van der Waals surface area contributed by atoms with E-state index in [2.05, 4.69) is 116 Å². The van der Waals surface area contributed by atoms with Crippen LogP contribution in [0.15, 0.2) is 42.0 Å². The van der Waals surface area contributed by atoms with Gasteiger partial charge in [0.1, 0.15) is 8.24 Å². The molecule has 0 amide bonds. The summed E-state index contributed by atoms with van der Waals surface area (Å²) in [5.74, 6) is 2.09. The van der Waals surface area contributed by atoms with Gasteiger partial charge in [0, 0.05) is 16.5 Å². The van der Waals surface area contributed by atoms with E-state index in [1.165, 1.54) is 173 Å². The fraction of sp³-hybridized carbons (Fsp3) is 0.818. The first-order chi connectivity index (χ1) is 27.2. The number of hydrogen-bond donors (Lipinski definition) is 0. The lowest BCUT2D eigenvalue weighted by atomic mass is 9.67. The second kappa shape index (κ2) is 23.2. The molecule has 4 atom stereocenters. The van der Waals surface area contributed by atoms with E-state index in [1.54, 1.807) is 22.3 Å². The van der Waals surface area contributed by atoms with Crippen molar-refractivity contribution in [3.8, 4) is 0 Å². The van der Waals surface area contributed by atoms with Gasteiger partial charge in [0.2, 0.25) is 0 Å². The fourth-order valence-electron chi connectivity index (χ4n) is 13.2. The van der Waals surface area contributed by atoms with E-state index in [0.717, 1.165) is 11.5 Å². The largest absolute Gasteiger partial charge is 0.314 e. The molecule has 4 rings (SSSR count). The third-order valence-corrected chi connectivity index (χ3v) is 20.1. The molecule has 326 valence electrons. The Balaban J connectivity index is 1.49. The van der Waals surface area contributed by atoms with Gasteiger partial charge in [-0.15, -0.1) is 0 Å². The van der Waals surface area contributed by atoms with Crippen LogP contribution in [0.4, 0.5) is 0 Å². The van der Waals surface area contributed by atoms with Crippen LogP contribution in [0.1, 0.15) is 247 Å². The maximum absolute atomic E-state index is 3.01. The minimum Gasteiger partial charge on any atom is -0.314 e. The van der Waals surface area contributed by atoms with Crippen LogP contribution < -0.4 is 0 Å². The molecule has 1 fully saturated rings. The first kappa shape index (κ1) is 48.5.